The van der Waals surface area contributed by atoms with E-state index in [-0.39, 0.29) is 17.3 Å². The molecule has 0 radical (unpaired) electrons. The molecule has 1 saturated heterocycles. The van der Waals surface area contributed by atoms with Gasteiger partial charge in [0.15, 0.2) is 17.3 Å². The molecule has 5 heteroatoms. The third-order valence-corrected chi connectivity index (χ3v) is 8.84. The minimum absolute atomic E-state index is 0.137. The van der Waals surface area contributed by atoms with E-state index in [1.54, 1.807) is 36.4 Å². The molecule has 1 fully saturated rings. The second-order valence-electron chi connectivity index (χ2n) is 11.0. The maximum atomic E-state index is 14.8. The Hall–Kier alpha value is -4.77. The molecule has 4 aromatic rings. The van der Waals surface area contributed by atoms with Gasteiger partial charge in [0.25, 0.3) is 0 Å². The molecule has 0 N–H and O–H groups in total. The van der Waals surface area contributed by atoms with E-state index in [1.165, 1.54) is 0 Å². The van der Waals surface area contributed by atoms with Gasteiger partial charge in [0.2, 0.25) is 0 Å². The Bertz CT molecular complexity index is 1720. The van der Waals surface area contributed by atoms with Crippen LogP contribution in [0.25, 0.3) is 6.08 Å². The molecule has 7 rings (SSSR count). The summed E-state index contributed by atoms with van der Waals surface area (Å²) in [6.07, 6.45) is 3.95. The molecule has 202 valence electrons. The third kappa shape index (κ3) is 3.45. The minimum Gasteiger partial charge on any atom is -0.494 e. The van der Waals surface area contributed by atoms with E-state index in [0.717, 1.165) is 16.8 Å². The largest absolute Gasteiger partial charge is 0.494 e. The molecule has 41 heavy (non-hydrogen) atoms. The molecule has 0 saturated carbocycles. The van der Waals surface area contributed by atoms with Gasteiger partial charge in [-0.25, -0.2) is 0 Å². The van der Waals surface area contributed by atoms with Crippen LogP contribution >= 0.6 is 0 Å². The van der Waals surface area contributed by atoms with E-state index in [0.29, 0.717) is 34.6 Å². The van der Waals surface area contributed by atoms with Crippen LogP contribution in [0.4, 0.5) is 5.69 Å². The fourth-order valence-electron chi connectivity index (χ4n) is 7.24. The number of fused-ring (bicyclic) bond motifs is 5. The average Bonchev–Trinajstić information content (AvgIpc) is 3.43. The number of hydrogen-bond acceptors (Lipinski definition) is 5. The molecule has 0 aromatic heterocycles. The van der Waals surface area contributed by atoms with E-state index < -0.39 is 23.4 Å². The lowest BCUT2D eigenvalue weighted by molar-refractivity contribution is 0.0664. The summed E-state index contributed by atoms with van der Waals surface area (Å²) in [6.45, 7) is 4.34. The Morgan fingerprint density at radius 3 is 2.22 bits per heavy atom. The number of ketones is 3. The monoisotopic (exact) mass is 539 g/mol. The standard InChI is InChI=1S/C36H29NO4/c1-3-41-29-16-10-9-15-27(29)31-32(33(38)23-11-5-4-6-12-23)37-28-19-17-22(2)21-24(28)18-20-30(37)36(31)34(39)25-13-7-8-14-26(25)35(36)40/h4-21,30-32H,3H2,1-2H3/t30-,31-,32+/m0/s1. The van der Waals surface area contributed by atoms with Crippen molar-refractivity contribution in [3.63, 3.8) is 0 Å². The second kappa shape index (κ2) is 9.41. The van der Waals surface area contributed by atoms with Crippen molar-refractivity contribution in [2.24, 2.45) is 5.41 Å². The lowest BCUT2D eigenvalue weighted by Gasteiger charge is -2.37. The van der Waals surface area contributed by atoms with Crippen molar-refractivity contribution in [2.75, 3.05) is 11.5 Å². The molecule has 2 heterocycles. The van der Waals surface area contributed by atoms with Gasteiger partial charge in [-0.2, -0.15) is 0 Å². The fraction of sp³-hybridized carbons (Fsp3) is 0.194. The lowest BCUT2D eigenvalue weighted by Crippen LogP contribution is -2.48. The molecule has 3 atom stereocenters. The Balaban J connectivity index is 1.57. The van der Waals surface area contributed by atoms with Gasteiger partial charge in [-0.15, -0.1) is 0 Å². The number of nitrogens with zero attached hydrogens (tertiary/aromatic N) is 1. The van der Waals surface area contributed by atoms with E-state index in [9.17, 15) is 14.4 Å². The van der Waals surface area contributed by atoms with E-state index >= 15 is 0 Å². The number of anilines is 1. The smallest absolute Gasteiger partial charge is 0.185 e. The molecule has 0 amide bonds. The molecule has 1 aliphatic carbocycles. The normalized spacial score (nSPS) is 21.5. The molecule has 1 spiro atoms. The van der Waals surface area contributed by atoms with Crippen LogP contribution in [0, 0.1) is 12.3 Å². The van der Waals surface area contributed by atoms with Crippen molar-refractivity contribution in [3.05, 3.63) is 137 Å². The van der Waals surface area contributed by atoms with Crippen LogP contribution in [0.1, 0.15) is 60.6 Å². The number of benzene rings is 4. The highest BCUT2D eigenvalue weighted by atomic mass is 16.5. The van der Waals surface area contributed by atoms with Crippen LogP contribution in [0.15, 0.2) is 103 Å². The molecule has 3 aliphatic rings. The van der Waals surface area contributed by atoms with Crippen molar-refractivity contribution < 1.29 is 19.1 Å². The number of rotatable bonds is 5. The van der Waals surface area contributed by atoms with Crippen molar-refractivity contribution in [2.45, 2.75) is 31.8 Å². The molecule has 4 aromatic carbocycles. The van der Waals surface area contributed by atoms with Gasteiger partial charge in [0.05, 0.1) is 12.6 Å². The van der Waals surface area contributed by atoms with Crippen molar-refractivity contribution in [3.8, 4) is 5.75 Å². The van der Waals surface area contributed by atoms with Gasteiger partial charge in [-0.1, -0.05) is 96.6 Å². The maximum absolute atomic E-state index is 14.8. The Labute approximate surface area is 239 Å². The fourth-order valence-corrected chi connectivity index (χ4v) is 7.24. The predicted molar refractivity (Wildman–Crippen MR) is 159 cm³/mol. The van der Waals surface area contributed by atoms with Crippen LogP contribution in [0.5, 0.6) is 5.75 Å². The van der Waals surface area contributed by atoms with E-state index in [2.05, 4.69) is 6.07 Å². The van der Waals surface area contributed by atoms with Gasteiger partial charge in [0.1, 0.15) is 17.2 Å². The SMILES string of the molecule is CCOc1ccccc1[C@H]1[C@H](C(=O)c2ccccc2)N2c3ccc(C)cc3C=C[C@H]2C12C(=O)c1ccccc1C2=O. The van der Waals surface area contributed by atoms with Crippen LogP contribution < -0.4 is 9.64 Å². The molecule has 5 nitrogen and oxygen atoms in total. The number of para-hydroxylation sites is 1. The summed E-state index contributed by atoms with van der Waals surface area (Å²) in [5.41, 5.74) is 3.37. The Morgan fingerprint density at radius 2 is 1.51 bits per heavy atom. The first kappa shape index (κ1) is 25.2. The van der Waals surface area contributed by atoms with E-state index in [1.807, 2.05) is 85.5 Å². The summed E-state index contributed by atoms with van der Waals surface area (Å²) in [5.74, 6) is -0.842. The number of carbonyl (C=O) groups is 3. The summed E-state index contributed by atoms with van der Waals surface area (Å²) in [4.78, 5) is 46.3. The van der Waals surface area contributed by atoms with Gasteiger partial charge in [0, 0.05) is 33.9 Å². The van der Waals surface area contributed by atoms with Crippen LogP contribution in [-0.4, -0.2) is 36.0 Å². The van der Waals surface area contributed by atoms with Gasteiger partial charge in [-0.3, -0.25) is 14.4 Å². The predicted octanol–water partition coefficient (Wildman–Crippen LogP) is 6.71. The van der Waals surface area contributed by atoms with Crippen LogP contribution in [0.3, 0.4) is 0 Å². The third-order valence-electron chi connectivity index (χ3n) is 8.84. The van der Waals surface area contributed by atoms with Crippen LogP contribution in [-0.2, 0) is 0 Å². The summed E-state index contributed by atoms with van der Waals surface area (Å²) in [7, 11) is 0. The summed E-state index contributed by atoms with van der Waals surface area (Å²) < 4.78 is 6.10. The first-order valence-corrected chi connectivity index (χ1v) is 14.0. The average molecular weight is 540 g/mol. The maximum Gasteiger partial charge on any atom is 0.185 e. The quantitative estimate of drug-likeness (QED) is 0.208. The molecular weight excluding hydrogens is 510 g/mol. The topological polar surface area (TPSA) is 63.7 Å². The highest BCUT2D eigenvalue weighted by Gasteiger charge is 2.71. The molecule has 0 bridgehead atoms. The molecular formula is C36H29NO4. The van der Waals surface area contributed by atoms with Crippen molar-refractivity contribution in [1.82, 2.24) is 0 Å². The van der Waals surface area contributed by atoms with Gasteiger partial charge < -0.3 is 9.64 Å². The lowest BCUT2D eigenvalue weighted by atomic mass is 9.64. The highest BCUT2D eigenvalue weighted by Crippen LogP contribution is 2.62. The first-order valence-electron chi connectivity index (χ1n) is 14.0. The zero-order valence-corrected chi connectivity index (χ0v) is 22.9. The number of hydrogen-bond donors (Lipinski definition) is 0. The number of aryl methyl sites for hydroxylation is 1. The summed E-state index contributed by atoms with van der Waals surface area (Å²) in [6, 6.07) is 28.3. The van der Waals surface area contributed by atoms with Crippen molar-refractivity contribution in [1.29, 1.82) is 0 Å². The Morgan fingerprint density at radius 1 is 0.854 bits per heavy atom. The number of carbonyl (C=O) groups excluding carboxylic acids is 3. The second-order valence-corrected chi connectivity index (χ2v) is 11.0. The van der Waals surface area contributed by atoms with Crippen molar-refractivity contribution >= 4 is 29.1 Å². The van der Waals surface area contributed by atoms with E-state index in [4.69, 9.17) is 4.74 Å². The molecule has 2 aliphatic heterocycles. The van der Waals surface area contributed by atoms with Gasteiger partial charge in [-0.05, 0) is 37.6 Å². The first-order chi connectivity index (χ1) is 20.0. The minimum atomic E-state index is -1.55. The highest BCUT2D eigenvalue weighted by molar-refractivity contribution is 6.32. The Kier molecular flexibility index (Phi) is 5.79. The number of ether oxygens (including phenoxy) is 1. The summed E-state index contributed by atoms with van der Waals surface area (Å²) >= 11 is 0. The zero-order chi connectivity index (χ0) is 28.3. The zero-order valence-electron chi connectivity index (χ0n) is 22.9. The molecule has 0 unspecified atom stereocenters. The number of Topliss-reactive ketones (excluding diaryl/α,β-unsaturated/α-hetero) is 3. The summed E-state index contributed by atoms with van der Waals surface area (Å²) in [5, 5.41) is 0. The van der Waals surface area contributed by atoms with Gasteiger partial charge >= 0.3 is 0 Å². The van der Waals surface area contributed by atoms with Crippen LogP contribution in [0.2, 0.25) is 0 Å².